The molecule has 1 aliphatic heterocycles. The van der Waals surface area contributed by atoms with Gasteiger partial charge in [0.2, 0.25) is 0 Å². The van der Waals surface area contributed by atoms with Crippen molar-refractivity contribution >= 4 is 11.6 Å². The van der Waals surface area contributed by atoms with Gasteiger partial charge in [0.05, 0.1) is 12.1 Å². The molecule has 1 atom stereocenters. The quantitative estimate of drug-likeness (QED) is 0.826. The average Bonchev–Trinajstić information content (AvgIpc) is 2.72. The summed E-state index contributed by atoms with van der Waals surface area (Å²) in [5.41, 5.74) is -0.146. The third-order valence-corrected chi connectivity index (χ3v) is 3.56. The standard InChI is InChI=1S/C12H14ClF2NO/c1-12(4-3-5-16-12)7-6-8(13)10(15)11(17-2)9(7)14/h6,16H,3-5H2,1-2H3. The van der Waals surface area contributed by atoms with Crippen LogP contribution in [0, 0.1) is 11.6 Å². The Morgan fingerprint density at radius 3 is 2.65 bits per heavy atom. The fraction of sp³-hybridized carbons (Fsp3) is 0.500. The highest BCUT2D eigenvalue weighted by molar-refractivity contribution is 6.31. The second kappa shape index (κ2) is 4.42. The Labute approximate surface area is 104 Å². The molecule has 0 radical (unpaired) electrons. The van der Waals surface area contributed by atoms with Crippen LogP contribution in [0.2, 0.25) is 5.02 Å². The maximum Gasteiger partial charge on any atom is 0.192 e. The zero-order chi connectivity index (χ0) is 12.6. The molecule has 0 spiro atoms. The Bertz CT molecular complexity index is 445. The summed E-state index contributed by atoms with van der Waals surface area (Å²) >= 11 is 5.76. The van der Waals surface area contributed by atoms with Gasteiger partial charge in [-0.3, -0.25) is 0 Å². The highest BCUT2D eigenvalue weighted by atomic mass is 35.5. The lowest BCUT2D eigenvalue weighted by Gasteiger charge is -2.26. The van der Waals surface area contributed by atoms with Gasteiger partial charge in [-0.25, -0.2) is 8.78 Å². The Hall–Kier alpha value is -0.870. The van der Waals surface area contributed by atoms with Crippen LogP contribution < -0.4 is 10.1 Å². The van der Waals surface area contributed by atoms with Crippen LogP contribution in [0.4, 0.5) is 8.78 Å². The van der Waals surface area contributed by atoms with Crippen molar-refractivity contribution in [3.63, 3.8) is 0 Å². The molecule has 0 amide bonds. The fourth-order valence-electron chi connectivity index (χ4n) is 2.29. The van der Waals surface area contributed by atoms with E-state index < -0.39 is 22.9 Å². The zero-order valence-corrected chi connectivity index (χ0v) is 10.5. The maximum absolute atomic E-state index is 14.1. The van der Waals surface area contributed by atoms with Crippen molar-refractivity contribution in [2.45, 2.75) is 25.3 Å². The third-order valence-electron chi connectivity index (χ3n) is 3.28. The molecule has 1 heterocycles. The smallest absolute Gasteiger partial charge is 0.192 e. The van der Waals surface area contributed by atoms with Crippen molar-refractivity contribution < 1.29 is 13.5 Å². The highest BCUT2D eigenvalue weighted by Gasteiger charge is 2.35. The number of ether oxygens (including phenoxy) is 1. The molecule has 1 aromatic rings. The van der Waals surface area contributed by atoms with E-state index in [1.807, 2.05) is 6.92 Å². The van der Waals surface area contributed by atoms with Crippen molar-refractivity contribution in [2.75, 3.05) is 13.7 Å². The van der Waals surface area contributed by atoms with E-state index >= 15 is 0 Å². The van der Waals surface area contributed by atoms with Crippen LogP contribution >= 0.6 is 11.6 Å². The number of methoxy groups -OCH3 is 1. The molecule has 1 aliphatic rings. The molecule has 1 unspecified atom stereocenters. The lowest BCUT2D eigenvalue weighted by molar-refractivity contribution is 0.342. The molecule has 0 aromatic heterocycles. The fourth-order valence-corrected chi connectivity index (χ4v) is 2.48. The van der Waals surface area contributed by atoms with Crippen LogP contribution in [0.15, 0.2) is 6.07 Å². The molecule has 5 heteroatoms. The number of hydrogen-bond donors (Lipinski definition) is 1. The highest BCUT2D eigenvalue weighted by Crippen LogP contribution is 2.39. The van der Waals surface area contributed by atoms with E-state index in [1.165, 1.54) is 13.2 Å². The molecule has 1 fully saturated rings. The van der Waals surface area contributed by atoms with Crippen molar-refractivity contribution in [2.24, 2.45) is 0 Å². The van der Waals surface area contributed by atoms with E-state index in [0.29, 0.717) is 5.56 Å². The van der Waals surface area contributed by atoms with Crippen LogP contribution in [0.25, 0.3) is 0 Å². The summed E-state index contributed by atoms with van der Waals surface area (Å²) in [5.74, 6) is -1.94. The van der Waals surface area contributed by atoms with Crippen molar-refractivity contribution in [1.82, 2.24) is 5.32 Å². The summed E-state index contributed by atoms with van der Waals surface area (Å²) in [6, 6.07) is 1.34. The molecule has 94 valence electrons. The predicted octanol–water partition coefficient (Wildman–Crippen LogP) is 3.23. The first-order chi connectivity index (χ1) is 7.99. The molecule has 1 saturated heterocycles. The van der Waals surface area contributed by atoms with Crippen LogP contribution in [0.3, 0.4) is 0 Å². The van der Waals surface area contributed by atoms with Gasteiger partial charge in [-0.2, -0.15) is 0 Å². The Balaban J connectivity index is 2.58. The summed E-state index contributed by atoms with van der Waals surface area (Å²) in [6.07, 6.45) is 1.74. The van der Waals surface area contributed by atoms with Gasteiger partial charge in [0.25, 0.3) is 0 Å². The summed E-state index contributed by atoms with van der Waals surface area (Å²) in [4.78, 5) is 0. The van der Waals surface area contributed by atoms with Crippen LogP contribution in [0.1, 0.15) is 25.3 Å². The third kappa shape index (κ3) is 2.00. The van der Waals surface area contributed by atoms with Crippen LogP contribution in [0.5, 0.6) is 5.75 Å². The lowest BCUT2D eigenvalue weighted by atomic mass is 9.90. The van der Waals surface area contributed by atoms with Gasteiger partial charge in [-0.1, -0.05) is 11.6 Å². The van der Waals surface area contributed by atoms with Crippen molar-refractivity contribution in [1.29, 1.82) is 0 Å². The Morgan fingerprint density at radius 1 is 1.41 bits per heavy atom. The van der Waals surface area contributed by atoms with E-state index in [-0.39, 0.29) is 5.02 Å². The van der Waals surface area contributed by atoms with Gasteiger partial charge in [0.1, 0.15) is 0 Å². The van der Waals surface area contributed by atoms with E-state index in [1.54, 1.807) is 0 Å². The van der Waals surface area contributed by atoms with Gasteiger partial charge >= 0.3 is 0 Å². The molecular weight excluding hydrogens is 248 g/mol. The molecular formula is C12H14ClF2NO. The van der Waals surface area contributed by atoms with E-state index in [0.717, 1.165) is 19.4 Å². The molecule has 17 heavy (non-hydrogen) atoms. The topological polar surface area (TPSA) is 21.3 Å². The first-order valence-corrected chi connectivity index (χ1v) is 5.84. The normalized spacial score (nSPS) is 24.1. The molecule has 0 aliphatic carbocycles. The molecule has 1 N–H and O–H groups in total. The maximum atomic E-state index is 14.1. The molecule has 0 bridgehead atoms. The number of nitrogens with one attached hydrogen (secondary N) is 1. The Kier molecular flexibility index (Phi) is 3.27. The van der Waals surface area contributed by atoms with E-state index in [4.69, 9.17) is 16.3 Å². The number of hydrogen-bond acceptors (Lipinski definition) is 2. The summed E-state index contributed by atoms with van der Waals surface area (Å²) < 4.78 is 32.4. The lowest BCUT2D eigenvalue weighted by Crippen LogP contribution is -2.34. The second-order valence-corrected chi connectivity index (χ2v) is 4.84. The van der Waals surface area contributed by atoms with Gasteiger partial charge in [0.15, 0.2) is 17.4 Å². The van der Waals surface area contributed by atoms with Gasteiger partial charge in [-0.15, -0.1) is 0 Å². The first kappa shape index (κ1) is 12.6. The summed E-state index contributed by atoms with van der Waals surface area (Å²) in [7, 11) is 1.23. The Morgan fingerprint density at radius 2 is 2.12 bits per heavy atom. The van der Waals surface area contributed by atoms with Gasteiger partial charge in [-0.05, 0) is 32.4 Å². The van der Waals surface area contributed by atoms with Crippen LogP contribution in [-0.2, 0) is 5.54 Å². The minimum Gasteiger partial charge on any atom is -0.491 e. The zero-order valence-electron chi connectivity index (χ0n) is 9.74. The number of halogens is 3. The summed E-state index contributed by atoms with van der Waals surface area (Å²) in [5, 5.41) is 3.09. The largest absolute Gasteiger partial charge is 0.491 e. The first-order valence-electron chi connectivity index (χ1n) is 5.46. The number of rotatable bonds is 2. The predicted molar refractivity (Wildman–Crippen MR) is 62.5 cm³/mol. The minimum atomic E-state index is -0.850. The molecule has 0 saturated carbocycles. The van der Waals surface area contributed by atoms with Gasteiger partial charge < -0.3 is 10.1 Å². The average molecular weight is 262 g/mol. The SMILES string of the molecule is COc1c(F)c(Cl)cc(C2(C)CCCN2)c1F. The summed E-state index contributed by atoms with van der Waals surface area (Å²) in [6.45, 7) is 2.69. The van der Waals surface area contributed by atoms with E-state index in [9.17, 15) is 8.78 Å². The van der Waals surface area contributed by atoms with Crippen molar-refractivity contribution in [3.05, 3.63) is 28.3 Å². The molecule has 2 rings (SSSR count). The van der Waals surface area contributed by atoms with Crippen LogP contribution in [-0.4, -0.2) is 13.7 Å². The van der Waals surface area contributed by atoms with Crippen molar-refractivity contribution in [3.8, 4) is 5.75 Å². The molecule has 2 nitrogen and oxygen atoms in total. The monoisotopic (exact) mass is 261 g/mol. The van der Waals surface area contributed by atoms with E-state index in [2.05, 4.69) is 5.32 Å². The second-order valence-electron chi connectivity index (χ2n) is 4.43. The molecule has 1 aromatic carbocycles. The van der Waals surface area contributed by atoms with Gasteiger partial charge in [0, 0.05) is 11.1 Å². The minimum absolute atomic E-state index is 0.117. The number of benzene rings is 1.